The number of nitrogens with zero attached hydrogens (tertiary/aromatic N) is 1. The Morgan fingerprint density at radius 2 is 2.42 bits per heavy atom. The fraction of sp³-hybridized carbons (Fsp3) is 0.125. The Kier molecular flexibility index (Phi) is 1.93. The van der Waals surface area contributed by atoms with E-state index in [9.17, 15) is 5.11 Å². The highest BCUT2D eigenvalue weighted by Crippen LogP contribution is 2.24. The van der Waals surface area contributed by atoms with Crippen LogP contribution in [0.25, 0.3) is 0 Å². The number of furan rings is 1. The Morgan fingerprint density at radius 3 is 3.00 bits per heavy atom. The van der Waals surface area contributed by atoms with Gasteiger partial charge in [-0.15, -0.1) is 0 Å². The maximum atomic E-state index is 9.65. The lowest BCUT2D eigenvalue weighted by atomic mass is 10.2. The summed E-state index contributed by atoms with van der Waals surface area (Å²) in [4.78, 5) is 0.796. The van der Waals surface area contributed by atoms with Crippen molar-refractivity contribution in [3.63, 3.8) is 0 Å². The van der Waals surface area contributed by atoms with Crippen molar-refractivity contribution in [3.05, 3.63) is 41.3 Å². The van der Waals surface area contributed by atoms with Crippen molar-refractivity contribution in [2.45, 2.75) is 6.10 Å². The lowest BCUT2D eigenvalue weighted by molar-refractivity contribution is 0.193. The van der Waals surface area contributed by atoms with Gasteiger partial charge in [-0.3, -0.25) is 0 Å². The van der Waals surface area contributed by atoms with E-state index in [1.54, 1.807) is 30.7 Å². The van der Waals surface area contributed by atoms with E-state index in [1.807, 2.05) is 0 Å². The molecule has 0 aliphatic rings. The summed E-state index contributed by atoms with van der Waals surface area (Å²) in [6.45, 7) is 0. The lowest BCUT2D eigenvalue weighted by Gasteiger charge is -2.01. The van der Waals surface area contributed by atoms with Crippen molar-refractivity contribution in [1.29, 1.82) is 0 Å². The van der Waals surface area contributed by atoms with E-state index in [0.717, 1.165) is 4.88 Å². The van der Waals surface area contributed by atoms with Crippen LogP contribution in [0.15, 0.2) is 35.1 Å². The average molecular weight is 181 g/mol. The molecule has 1 N–H and O–H groups in total. The van der Waals surface area contributed by atoms with Crippen LogP contribution in [-0.4, -0.2) is 9.48 Å². The van der Waals surface area contributed by atoms with E-state index in [-0.39, 0.29) is 0 Å². The second kappa shape index (κ2) is 3.08. The Labute approximate surface area is 73.4 Å². The molecule has 2 aromatic heterocycles. The van der Waals surface area contributed by atoms with E-state index in [4.69, 9.17) is 4.42 Å². The molecule has 62 valence electrons. The second-order valence-electron chi connectivity index (χ2n) is 2.33. The summed E-state index contributed by atoms with van der Waals surface area (Å²) in [6.07, 6.45) is 2.53. The third-order valence-electron chi connectivity index (χ3n) is 1.54. The maximum absolute atomic E-state index is 9.65. The van der Waals surface area contributed by atoms with Gasteiger partial charge in [0.25, 0.3) is 0 Å². The van der Waals surface area contributed by atoms with E-state index in [2.05, 4.69) is 4.37 Å². The zero-order chi connectivity index (χ0) is 8.39. The molecule has 0 bridgehead atoms. The topological polar surface area (TPSA) is 46.3 Å². The van der Waals surface area contributed by atoms with Crippen LogP contribution in [0.3, 0.4) is 0 Å². The first kappa shape index (κ1) is 7.52. The molecule has 0 saturated carbocycles. The molecule has 4 heteroatoms. The highest BCUT2D eigenvalue weighted by molar-refractivity contribution is 7.05. The van der Waals surface area contributed by atoms with Gasteiger partial charge in [-0.1, -0.05) is 0 Å². The minimum absolute atomic E-state index is 0.555. The molecule has 2 heterocycles. The second-order valence-corrected chi connectivity index (χ2v) is 3.20. The molecule has 2 aromatic rings. The Balaban J connectivity index is 2.27. The zero-order valence-corrected chi connectivity index (χ0v) is 6.99. The largest absolute Gasteiger partial charge is 0.466 e. The molecule has 12 heavy (non-hydrogen) atoms. The molecular formula is C8H7NO2S. The summed E-state index contributed by atoms with van der Waals surface area (Å²) < 4.78 is 8.94. The molecule has 0 aromatic carbocycles. The predicted octanol–water partition coefficient (Wildman–Crippen LogP) is 1.82. The van der Waals surface area contributed by atoms with Crippen molar-refractivity contribution in [2.24, 2.45) is 0 Å². The van der Waals surface area contributed by atoms with E-state index in [1.165, 1.54) is 11.5 Å². The van der Waals surface area contributed by atoms with Crippen LogP contribution in [0.4, 0.5) is 0 Å². The van der Waals surface area contributed by atoms with Crippen LogP contribution in [0.2, 0.25) is 0 Å². The van der Waals surface area contributed by atoms with Crippen molar-refractivity contribution in [3.8, 4) is 0 Å². The van der Waals surface area contributed by atoms with Crippen molar-refractivity contribution in [1.82, 2.24) is 4.37 Å². The van der Waals surface area contributed by atoms with Crippen LogP contribution in [0, 0.1) is 0 Å². The molecule has 0 saturated heterocycles. The Hall–Kier alpha value is -1.13. The molecule has 0 aliphatic carbocycles. The first-order valence-corrected chi connectivity index (χ1v) is 4.27. The minimum atomic E-state index is -0.674. The highest BCUT2D eigenvalue weighted by Gasteiger charge is 2.13. The number of hydrogen-bond acceptors (Lipinski definition) is 4. The third-order valence-corrected chi connectivity index (χ3v) is 2.34. The molecule has 3 nitrogen and oxygen atoms in total. The molecule has 0 radical (unpaired) electrons. The van der Waals surface area contributed by atoms with Gasteiger partial charge in [0.15, 0.2) is 0 Å². The van der Waals surface area contributed by atoms with Crippen LogP contribution < -0.4 is 0 Å². The van der Waals surface area contributed by atoms with Crippen LogP contribution in [-0.2, 0) is 0 Å². The predicted molar refractivity (Wildman–Crippen MR) is 44.9 cm³/mol. The highest BCUT2D eigenvalue weighted by atomic mass is 32.1. The smallest absolute Gasteiger partial charge is 0.147 e. The monoisotopic (exact) mass is 181 g/mol. The van der Waals surface area contributed by atoms with Crippen molar-refractivity contribution >= 4 is 11.5 Å². The van der Waals surface area contributed by atoms with Gasteiger partial charge in [-0.05, 0) is 29.7 Å². The fourth-order valence-corrected chi connectivity index (χ4v) is 1.53. The molecule has 1 atom stereocenters. The van der Waals surface area contributed by atoms with Crippen LogP contribution >= 0.6 is 11.5 Å². The van der Waals surface area contributed by atoms with Gasteiger partial charge in [0.1, 0.15) is 11.9 Å². The standard InChI is InChI=1S/C8H7NO2S/c10-8(6-2-1-5-11-6)7-3-4-9-12-7/h1-5,8,10H. The van der Waals surface area contributed by atoms with Gasteiger partial charge in [0.05, 0.1) is 11.1 Å². The van der Waals surface area contributed by atoms with E-state index >= 15 is 0 Å². The molecule has 1 unspecified atom stereocenters. The summed E-state index contributed by atoms with van der Waals surface area (Å²) in [5.74, 6) is 0.555. The SMILES string of the molecule is OC(c1ccco1)c1ccns1. The molecule has 2 rings (SSSR count). The number of aliphatic hydroxyl groups excluding tert-OH is 1. The maximum Gasteiger partial charge on any atom is 0.147 e. The summed E-state index contributed by atoms with van der Waals surface area (Å²) in [6, 6.07) is 5.27. The van der Waals surface area contributed by atoms with E-state index in [0.29, 0.717) is 5.76 Å². The van der Waals surface area contributed by atoms with Crippen molar-refractivity contribution < 1.29 is 9.52 Å². The average Bonchev–Trinajstić information content (AvgIpc) is 2.77. The zero-order valence-electron chi connectivity index (χ0n) is 6.18. The lowest BCUT2D eigenvalue weighted by Crippen LogP contribution is -1.93. The quantitative estimate of drug-likeness (QED) is 0.768. The van der Waals surface area contributed by atoms with Gasteiger partial charge in [-0.25, -0.2) is 4.37 Å². The number of aliphatic hydroxyl groups is 1. The van der Waals surface area contributed by atoms with Crippen LogP contribution in [0.5, 0.6) is 0 Å². The third kappa shape index (κ3) is 1.26. The normalized spacial score (nSPS) is 13.1. The molecular weight excluding hydrogens is 174 g/mol. The summed E-state index contributed by atoms with van der Waals surface area (Å²) >= 11 is 1.27. The summed E-state index contributed by atoms with van der Waals surface area (Å²) in [5.41, 5.74) is 0. The van der Waals surface area contributed by atoms with Crippen LogP contribution in [0.1, 0.15) is 16.7 Å². The number of hydrogen-bond donors (Lipinski definition) is 1. The Bertz CT molecular complexity index is 294. The minimum Gasteiger partial charge on any atom is -0.466 e. The van der Waals surface area contributed by atoms with Gasteiger partial charge in [0, 0.05) is 6.20 Å². The molecule has 0 fully saturated rings. The van der Waals surface area contributed by atoms with Gasteiger partial charge >= 0.3 is 0 Å². The molecule has 0 amide bonds. The molecule has 0 spiro atoms. The van der Waals surface area contributed by atoms with Gasteiger partial charge in [-0.2, -0.15) is 0 Å². The summed E-state index contributed by atoms with van der Waals surface area (Å²) in [7, 11) is 0. The van der Waals surface area contributed by atoms with Gasteiger partial charge in [0.2, 0.25) is 0 Å². The fourth-order valence-electron chi connectivity index (χ4n) is 0.954. The van der Waals surface area contributed by atoms with E-state index < -0.39 is 6.10 Å². The molecule has 0 aliphatic heterocycles. The summed E-state index contributed by atoms with van der Waals surface area (Å²) in [5, 5.41) is 9.65. The van der Waals surface area contributed by atoms with Gasteiger partial charge < -0.3 is 9.52 Å². The van der Waals surface area contributed by atoms with Crippen molar-refractivity contribution in [2.75, 3.05) is 0 Å². The first-order valence-electron chi connectivity index (χ1n) is 3.50. The number of rotatable bonds is 2. The number of aromatic nitrogens is 1. The Morgan fingerprint density at radius 1 is 1.50 bits per heavy atom. The first-order chi connectivity index (χ1) is 5.88.